The van der Waals surface area contributed by atoms with Crippen molar-refractivity contribution in [3.63, 3.8) is 0 Å². The highest BCUT2D eigenvalue weighted by atomic mass is 16.7. The van der Waals surface area contributed by atoms with Gasteiger partial charge in [-0.05, 0) is 25.7 Å². The van der Waals surface area contributed by atoms with Crippen LogP contribution in [0.1, 0.15) is 57.8 Å². The van der Waals surface area contributed by atoms with E-state index in [-0.39, 0.29) is 17.9 Å². The lowest BCUT2D eigenvalue weighted by molar-refractivity contribution is -0.160. The average Bonchev–Trinajstić information content (AvgIpc) is 3.08. The largest absolute Gasteiger partial charge is 0.347 e. The van der Waals surface area contributed by atoms with Crippen molar-refractivity contribution in [3.8, 4) is 0 Å². The minimum atomic E-state index is -0.327. The van der Waals surface area contributed by atoms with E-state index in [0.717, 1.165) is 25.7 Å². The van der Waals surface area contributed by atoms with Gasteiger partial charge in [0.05, 0.1) is 6.61 Å². The van der Waals surface area contributed by atoms with Crippen LogP contribution in [0.3, 0.4) is 0 Å². The molecule has 0 aromatic rings. The Morgan fingerprint density at radius 1 is 1.10 bits per heavy atom. The fourth-order valence-electron chi connectivity index (χ4n) is 3.58. The van der Waals surface area contributed by atoms with Crippen molar-refractivity contribution in [1.82, 2.24) is 10.6 Å². The SMILES string of the molecule is O=C(NC[C@@H]1COC2(CCCC2)O1)NC1CCCCC1. The van der Waals surface area contributed by atoms with Crippen molar-refractivity contribution in [1.29, 1.82) is 0 Å². The van der Waals surface area contributed by atoms with E-state index in [1.807, 2.05) is 0 Å². The number of carbonyl (C=O) groups is 1. The Morgan fingerprint density at radius 3 is 2.60 bits per heavy atom. The third kappa shape index (κ3) is 3.44. The van der Waals surface area contributed by atoms with Gasteiger partial charge >= 0.3 is 6.03 Å². The Hall–Kier alpha value is -0.810. The molecule has 0 bridgehead atoms. The highest BCUT2D eigenvalue weighted by molar-refractivity contribution is 5.74. The molecule has 0 unspecified atom stereocenters. The predicted molar refractivity (Wildman–Crippen MR) is 75.4 cm³/mol. The van der Waals surface area contributed by atoms with Gasteiger partial charge in [-0.25, -0.2) is 4.79 Å². The van der Waals surface area contributed by atoms with Crippen molar-refractivity contribution in [3.05, 3.63) is 0 Å². The van der Waals surface area contributed by atoms with Crippen LogP contribution in [0, 0.1) is 0 Å². The van der Waals surface area contributed by atoms with E-state index in [9.17, 15) is 4.79 Å². The van der Waals surface area contributed by atoms with Gasteiger partial charge in [0.2, 0.25) is 0 Å². The summed E-state index contributed by atoms with van der Waals surface area (Å²) in [5.41, 5.74) is 0. The van der Waals surface area contributed by atoms with Crippen LogP contribution in [0.25, 0.3) is 0 Å². The lowest BCUT2D eigenvalue weighted by Crippen LogP contribution is -2.45. The molecule has 0 aromatic carbocycles. The third-order valence-electron chi connectivity index (χ3n) is 4.71. The van der Waals surface area contributed by atoms with Gasteiger partial charge in [0, 0.05) is 25.4 Å². The van der Waals surface area contributed by atoms with Crippen molar-refractivity contribution in [2.45, 2.75) is 75.7 Å². The van der Waals surface area contributed by atoms with Gasteiger partial charge in [0.25, 0.3) is 0 Å². The molecule has 2 N–H and O–H groups in total. The molecular formula is C15H26N2O3. The summed E-state index contributed by atoms with van der Waals surface area (Å²) >= 11 is 0. The highest BCUT2D eigenvalue weighted by Gasteiger charge is 2.43. The van der Waals surface area contributed by atoms with Crippen LogP contribution in [-0.2, 0) is 9.47 Å². The molecule has 1 spiro atoms. The molecule has 114 valence electrons. The number of rotatable bonds is 3. The molecule has 0 radical (unpaired) electrons. The summed E-state index contributed by atoms with van der Waals surface area (Å²) < 4.78 is 11.8. The zero-order chi connectivity index (χ0) is 13.8. The first-order chi connectivity index (χ1) is 9.76. The van der Waals surface area contributed by atoms with Crippen LogP contribution in [0.2, 0.25) is 0 Å². The molecule has 1 saturated heterocycles. The van der Waals surface area contributed by atoms with E-state index in [1.165, 1.54) is 32.1 Å². The number of ether oxygens (including phenoxy) is 2. The highest BCUT2D eigenvalue weighted by Crippen LogP contribution is 2.38. The number of hydrogen-bond acceptors (Lipinski definition) is 3. The summed E-state index contributed by atoms with van der Waals surface area (Å²) in [6, 6.07) is 0.290. The number of nitrogens with one attached hydrogen (secondary N) is 2. The van der Waals surface area contributed by atoms with Crippen molar-refractivity contribution < 1.29 is 14.3 Å². The van der Waals surface area contributed by atoms with Gasteiger partial charge in [-0.2, -0.15) is 0 Å². The molecule has 3 aliphatic rings. The normalized spacial score (nSPS) is 29.7. The summed E-state index contributed by atoms with van der Waals surface area (Å²) in [7, 11) is 0. The molecule has 1 atom stereocenters. The monoisotopic (exact) mass is 282 g/mol. The Labute approximate surface area is 120 Å². The minimum Gasteiger partial charge on any atom is -0.347 e. The van der Waals surface area contributed by atoms with Crippen LogP contribution < -0.4 is 10.6 Å². The number of amides is 2. The molecule has 2 aliphatic carbocycles. The molecule has 3 fully saturated rings. The molecule has 5 heteroatoms. The molecule has 2 amide bonds. The molecule has 20 heavy (non-hydrogen) atoms. The van der Waals surface area contributed by atoms with Crippen LogP contribution in [0.4, 0.5) is 4.79 Å². The van der Waals surface area contributed by atoms with Crippen LogP contribution in [-0.4, -0.2) is 37.1 Å². The van der Waals surface area contributed by atoms with Gasteiger partial charge < -0.3 is 20.1 Å². The van der Waals surface area contributed by atoms with Crippen molar-refractivity contribution in [2.75, 3.05) is 13.2 Å². The molecular weight excluding hydrogens is 256 g/mol. The Balaban J connectivity index is 1.35. The van der Waals surface area contributed by atoms with Gasteiger partial charge in [0.1, 0.15) is 6.10 Å². The standard InChI is InChI=1S/C15H26N2O3/c18-14(17-12-6-2-1-3-7-12)16-10-13-11-19-15(20-13)8-4-5-9-15/h12-13H,1-11H2,(H2,16,17,18)/t13-/m1/s1. The van der Waals surface area contributed by atoms with E-state index in [0.29, 0.717) is 19.2 Å². The van der Waals surface area contributed by atoms with E-state index < -0.39 is 0 Å². The summed E-state index contributed by atoms with van der Waals surface area (Å²) in [5.74, 6) is -0.327. The fourth-order valence-corrected chi connectivity index (χ4v) is 3.58. The zero-order valence-electron chi connectivity index (χ0n) is 12.2. The van der Waals surface area contributed by atoms with Crippen LogP contribution in [0.5, 0.6) is 0 Å². The van der Waals surface area contributed by atoms with Crippen molar-refractivity contribution in [2.24, 2.45) is 0 Å². The molecule has 2 saturated carbocycles. The molecule has 5 nitrogen and oxygen atoms in total. The average molecular weight is 282 g/mol. The molecule has 3 rings (SSSR count). The van der Waals surface area contributed by atoms with Gasteiger partial charge in [-0.15, -0.1) is 0 Å². The second-order valence-electron chi connectivity index (χ2n) is 6.36. The molecule has 1 aliphatic heterocycles. The summed E-state index contributed by atoms with van der Waals surface area (Å²) in [5, 5.41) is 5.98. The van der Waals surface area contributed by atoms with Gasteiger partial charge in [-0.3, -0.25) is 0 Å². The maximum atomic E-state index is 11.9. The second kappa shape index (κ2) is 6.31. The van der Waals surface area contributed by atoms with E-state index in [2.05, 4.69) is 10.6 Å². The first kappa shape index (κ1) is 14.1. The number of hydrogen-bond donors (Lipinski definition) is 2. The lowest BCUT2D eigenvalue weighted by Gasteiger charge is -2.24. The Kier molecular flexibility index (Phi) is 4.46. The molecule has 0 aromatic heterocycles. The first-order valence-corrected chi connectivity index (χ1v) is 8.12. The van der Waals surface area contributed by atoms with E-state index in [1.54, 1.807) is 0 Å². The fraction of sp³-hybridized carbons (Fsp3) is 0.933. The van der Waals surface area contributed by atoms with Gasteiger partial charge in [-0.1, -0.05) is 19.3 Å². The topological polar surface area (TPSA) is 59.6 Å². The van der Waals surface area contributed by atoms with Crippen LogP contribution >= 0.6 is 0 Å². The number of carbonyl (C=O) groups excluding carboxylic acids is 1. The second-order valence-corrected chi connectivity index (χ2v) is 6.36. The summed E-state index contributed by atoms with van der Waals surface area (Å²) in [6.07, 6.45) is 10.3. The lowest BCUT2D eigenvalue weighted by atomic mass is 9.96. The number of urea groups is 1. The Morgan fingerprint density at radius 2 is 1.85 bits per heavy atom. The van der Waals surface area contributed by atoms with Crippen molar-refractivity contribution >= 4 is 6.03 Å². The Bertz CT molecular complexity index is 336. The van der Waals surface area contributed by atoms with E-state index >= 15 is 0 Å². The minimum absolute atomic E-state index is 0.00482. The predicted octanol–water partition coefficient (Wildman–Crippen LogP) is 2.30. The maximum Gasteiger partial charge on any atom is 0.315 e. The van der Waals surface area contributed by atoms with E-state index in [4.69, 9.17) is 9.47 Å². The first-order valence-electron chi connectivity index (χ1n) is 8.12. The molecule has 1 heterocycles. The maximum absolute atomic E-state index is 11.9. The smallest absolute Gasteiger partial charge is 0.315 e. The summed E-state index contributed by atoms with van der Waals surface area (Å²) in [4.78, 5) is 11.9. The zero-order valence-corrected chi connectivity index (χ0v) is 12.2. The summed E-state index contributed by atoms with van der Waals surface area (Å²) in [6.45, 7) is 1.14. The van der Waals surface area contributed by atoms with Gasteiger partial charge in [0.15, 0.2) is 5.79 Å². The third-order valence-corrected chi connectivity index (χ3v) is 4.71. The quantitative estimate of drug-likeness (QED) is 0.835. The van der Waals surface area contributed by atoms with Crippen LogP contribution in [0.15, 0.2) is 0 Å².